The molecule has 1 atom stereocenters. The maximum atomic E-state index is 11.9. The molecule has 4 nitrogen and oxygen atoms in total. The first-order valence-electron chi connectivity index (χ1n) is 5.61. The van der Waals surface area contributed by atoms with Crippen LogP contribution < -0.4 is 0 Å². The molecule has 0 radical (unpaired) electrons. The van der Waals surface area contributed by atoms with E-state index in [1.165, 1.54) is 30.8 Å². The summed E-state index contributed by atoms with van der Waals surface area (Å²) in [5.74, 6) is -1.59. The summed E-state index contributed by atoms with van der Waals surface area (Å²) < 4.78 is 9.61. The Morgan fingerprint density at radius 3 is 2.83 bits per heavy atom. The predicted octanol–water partition coefficient (Wildman–Crippen LogP) is 2.20. The van der Waals surface area contributed by atoms with Gasteiger partial charge in [-0.2, -0.15) is 0 Å². The van der Waals surface area contributed by atoms with Gasteiger partial charge in [0.1, 0.15) is 5.92 Å². The Labute approximate surface area is 110 Å². The van der Waals surface area contributed by atoms with Gasteiger partial charge in [-0.15, -0.1) is 11.3 Å². The fourth-order valence-corrected chi connectivity index (χ4v) is 2.18. The molecular weight excluding hydrogens is 252 g/mol. The van der Waals surface area contributed by atoms with Gasteiger partial charge >= 0.3 is 5.97 Å². The minimum Gasteiger partial charge on any atom is -0.504 e. The van der Waals surface area contributed by atoms with Crippen molar-refractivity contribution in [2.45, 2.75) is 13.3 Å². The van der Waals surface area contributed by atoms with Gasteiger partial charge < -0.3 is 9.47 Å². The summed E-state index contributed by atoms with van der Waals surface area (Å²) in [5.41, 5.74) is 0. The molecule has 1 aromatic heterocycles. The fourth-order valence-electron chi connectivity index (χ4n) is 1.42. The highest BCUT2D eigenvalue weighted by Crippen LogP contribution is 2.17. The van der Waals surface area contributed by atoms with Gasteiger partial charge in [-0.25, -0.2) is 0 Å². The molecule has 5 heteroatoms. The number of esters is 1. The second kappa shape index (κ2) is 7.66. The van der Waals surface area contributed by atoms with Crippen LogP contribution in [0.1, 0.15) is 11.8 Å². The Morgan fingerprint density at radius 2 is 2.28 bits per heavy atom. The minimum atomic E-state index is -0.796. The maximum Gasteiger partial charge on any atom is 0.317 e. The third-order valence-corrected chi connectivity index (χ3v) is 3.17. The minimum absolute atomic E-state index is 0.265. The number of ether oxygens (including phenoxy) is 2. The van der Waals surface area contributed by atoms with E-state index in [1.807, 2.05) is 17.5 Å². The maximum absolute atomic E-state index is 11.9. The number of hydrogen-bond acceptors (Lipinski definition) is 5. The molecule has 0 aliphatic heterocycles. The molecule has 0 bridgehead atoms. The highest BCUT2D eigenvalue weighted by atomic mass is 32.1. The standard InChI is InChI=1S/C13H16O4S/c1-3-17-13(15)11(12(14)6-7-16-2)9-10-5-4-8-18-10/h4-8,11H,3,9H2,1-2H3. The van der Waals surface area contributed by atoms with Gasteiger partial charge in [-0.05, 0) is 18.4 Å². The molecule has 18 heavy (non-hydrogen) atoms. The van der Waals surface area contributed by atoms with Gasteiger partial charge in [0.25, 0.3) is 0 Å². The highest BCUT2D eigenvalue weighted by Gasteiger charge is 2.26. The van der Waals surface area contributed by atoms with Crippen LogP contribution in [0.5, 0.6) is 0 Å². The Kier molecular flexibility index (Phi) is 6.14. The van der Waals surface area contributed by atoms with E-state index in [-0.39, 0.29) is 12.4 Å². The van der Waals surface area contributed by atoms with Crippen LogP contribution in [0.4, 0.5) is 0 Å². The lowest BCUT2D eigenvalue weighted by Gasteiger charge is -2.11. The number of allylic oxidation sites excluding steroid dienone is 1. The van der Waals surface area contributed by atoms with E-state index < -0.39 is 11.9 Å². The van der Waals surface area contributed by atoms with E-state index in [0.29, 0.717) is 6.42 Å². The van der Waals surface area contributed by atoms with Crippen LogP contribution in [-0.2, 0) is 25.5 Å². The molecule has 1 unspecified atom stereocenters. The van der Waals surface area contributed by atoms with Crippen molar-refractivity contribution in [2.75, 3.05) is 13.7 Å². The van der Waals surface area contributed by atoms with Crippen LogP contribution in [0, 0.1) is 5.92 Å². The van der Waals surface area contributed by atoms with Gasteiger partial charge in [0.05, 0.1) is 20.0 Å². The summed E-state index contributed by atoms with van der Waals surface area (Å²) in [6.07, 6.45) is 2.89. The first kappa shape index (κ1) is 14.4. The summed E-state index contributed by atoms with van der Waals surface area (Å²) >= 11 is 1.51. The molecule has 1 heterocycles. The van der Waals surface area contributed by atoms with Crippen molar-refractivity contribution in [3.05, 3.63) is 34.7 Å². The zero-order chi connectivity index (χ0) is 13.4. The van der Waals surface area contributed by atoms with Crippen LogP contribution in [-0.4, -0.2) is 25.5 Å². The smallest absolute Gasteiger partial charge is 0.317 e. The zero-order valence-corrected chi connectivity index (χ0v) is 11.2. The topological polar surface area (TPSA) is 52.6 Å². The van der Waals surface area contributed by atoms with Crippen LogP contribution in [0.15, 0.2) is 29.9 Å². The van der Waals surface area contributed by atoms with Crippen molar-refractivity contribution in [1.82, 2.24) is 0 Å². The lowest BCUT2D eigenvalue weighted by Crippen LogP contribution is -2.26. The summed E-state index contributed by atoms with van der Waals surface area (Å²) in [5, 5.41) is 1.91. The Balaban J connectivity index is 2.77. The molecule has 0 aromatic carbocycles. The molecule has 1 rings (SSSR count). The van der Waals surface area contributed by atoms with Crippen LogP contribution in [0.25, 0.3) is 0 Å². The number of methoxy groups -OCH3 is 1. The van der Waals surface area contributed by atoms with Crippen molar-refractivity contribution in [1.29, 1.82) is 0 Å². The van der Waals surface area contributed by atoms with Crippen molar-refractivity contribution in [3.8, 4) is 0 Å². The van der Waals surface area contributed by atoms with E-state index in [4.69, 9.17) is 4.74 Å². The fraction of sp³-hybridized carbons (Fsp3) is 0.385. The van der Waals surface area contributed by atoms with E-state index in [9.17, 15) is 9.59 Å². The number of rotatable bonds is 7. The molecule has 0 aliphatic carbocycles. The monoisotopic (exact) mass is 268 g/mol. The van der Waals surface area contributed by atoms with E-state index >= 15 is 0 Å². The number of hydrogen-bond donors (Lipinski definition) is 0. The first-order valence-corrected chi connectivity index (χ1v) is 6.49. The van der Waals surface area contributed by atoms with Crippen LogP contribution in [0.2, 0.25) is 0 Å². The predicted molar refractivity (Wildman–Crippen MR) is 69.3 cm³/mol. The molecule has 98 valence electrons. The normalized spacial score (nSPS) is 12.3. The average Bonchev–Trinajstić information content (AvgIpc) is 2.86. The second-order valence-electron chi connectivity index (χ2n) is 3.53. The van der Waals surface area contributed by atoms with Gasteiger partial charge in [0.15, 0.2) is 5.78 Å². The molecule has 1 aromatic rings. The molecule has 0 aliphatic rings. The highest BCUT2D eigenvalue weighted by molar-refractivity contribution is 7.09. The van der Waals surface area contributed by atoms with Gasteiger partial charge in [-0.3, -0.25) is 9.59 Å². The quantitative estimate of drug-likeness (QED) is 0.329. The van der Waals surface area contributed by atoms with Crippen LogP contribution >= 0.6 is 11.3 Å². The molecule has 0 saturated carbocycles. The number of carbonyl (C=O) groups excluding carboxylic acids is 2. The van der Waals surface area contributed by atoms with E-state index in [1.54, 1.807) is 6.92 Å². The van der Waals surface area contributed by atoms with E-state index in [2.05, 4.69) is 4.74 Å². The lowest BCUT2D eigenvalue weighted by molar-refractivity contribution is -0.150. The zero-order valence-electron chi connectivity index (χ0n) is 10.4. The third kappa shape index (κ3) is 4.33. The first-order chi connectivity index (χ1) is 8.69. The number of carbonyl (C=O) groups is 2. The Morgan fingerprint density at radius 1 is 1.50 bits per heavy atom. The molecular formula is C13H16O4S. The molecule has 0 saturated heterocycles. The average molecular weight is 268 g/mol. The van der Waals surface area contributed by atoms with E-state index in [0.717, 1.165) is 4.88 Å². The SMILES string of the molecule is CCOC(=O)C(Cc1cccs1)C(=O)C=COC. The van der Waals surface area contributed by atoms with Crippen molar-refractivity contribution in [2.24, 2.45) is 5.92 Å². The number of thiophene rings is 1. The molecule has 0 fully saturated rings. The Bertz CT molecular complexity index is 409. The molecule has 0 amide bonds. The summed E-state index contributed by atoms with van der Waals surface area (Å²) in [7, 11) is 1.45. The van der Waals surface area contributed by atoms with Crippen molar-refractivity contribution >= 4 is 23.1 Å². The van der Waals surface area contributed by atoms with Crippen molar-refractivity contribution in [3.63, 3.8) is 0 Å². The third-order valence-electron chi connectivity index (χ3n) is 2.27. The summed E-state index contributed by atoms with van der Waals surface area (Å²) in [6.45, 7) is 1.98. The van der Waals surface area contributed by atoms with Crippen LogP contribution in [0.3, 0.4) is 0 Å². The number of ketones is 1. The van der Waals surface area contributed by atoms with Gasteiger partial charge in [-0.1, -0.05) is 6.07 Å². The molecule has 0 N–H and O–H groups in total. The van der Waals surface area contributed by atoms with Gasteiger partial charge in [0, 0.05) is 17.4 Å². The van der Waals surface area contributed by atoms with Crippen molar-refractivity contribution < 1.29 is 19.1 Å². The Hall–Kier alpha value is -1.62. The molecule has 0 spiro atoms. The van der Waals surface area contributed by atoms with Gasteiger partial charge in [0.2, 0.25) is 0 Å². The summed E-state index contributed by atoms with van der Waals surface area (Å²) in [6, 6.07) is 3.78. The largest absolute Gasteiger partial charge is 0.504 e. The second-order valence-corrected chi connectivity index (χ2v) is 4.56. The summed E-state index contributed by atoms with van der Waals surface area (Å²) in [4.78, 5) is 24.6. The lowest BCUT2D eigenvalue weighted by atomic mass is 9.99.